The number of esters is 1. The van der Waals surface area contributed by atoms with Gasteiger partial charge >= 0.3 is 5.97 Å². The van der Waals surface area contributed by atoms with Gasteiger partial charge < -0.3 is 4.74 Å². The van der Waals surface area contributed by atoms with E-state index in [1.807, 2.05) is 0 Å². The van der Waals surface area contributed by atoms with E-state index in [0.717, 1.165) is 0 Å². The minimum absolute atomic E-state index is 0.196. The number of anilines is 1. The van der Waals surface area contributed by atoms with Crippen LogP contribution in [0.4, 0.5) is 5.69 Å². The highest BCUT2D eigenvalue weighted by Gasteiger charge is 2.36. The average molecular weight is 268 g/mol. The molecule has 0 radical (unpaired) electrons. The van der Waals surface area contributed by atoms with Crippen LogP contribution in [-0.4, -0.2) is 16.9 Å². The second-order valence-electron chi connectivity index (χ2n) is 4.45. The molecule has 1 aliphatic rings. The first-order valence-electron chi connectivity index (χ1n) is 6.18. The lowest BCUT2D eigenvalue weighted by Crippen LogP contribution is -2.40. The van der Waals surface area contributed by atoms with Gasteiger partial charge in [-0.25, -0.2) is 4.79 Å². The van der Waals surface area contributed by atoms with Gasteiger partial charge in [0.15, 0.2) is 0 Å². The molecule has 1 aromatic heterocycles. The van der Waals surface area contributed by atoms with Crippen molar-refractivity contribution in [3.8, 4) is 0 Å². The summed E-state index contributed by atoms with van der Waals surface area (Å²) in [5, 5.41) is 0. The summed E-state index contributed by atoms with van der Waals surface area (Å²) in [5.41, 5.74) is 1.61. The molecular formula is C15H12N2O3. The summed E-state index contributed by atoms with van der Waals surface area (Å²) in [4.78, 5) is 29.5. The maximum atomic E-state index is 12.1. The molecule has 2 aromatic rings. The smallest absolute Gasteiger partial charge is 0.342 e. The Labute approximate surface area is 115 Å². The van der Waals surface area contributed by atoms with Gasteiger partial charge in [-0.3, -0.25) is 14.7 Å². The third-order valence-corrected chi connectivity index (χ3v) is 3.15. The van der Waals surface area contributed by atoms with Gasteiger partial charge in [-0.15, -0.1) is 0 Å². The van der Waals surface area contributed by atoms with E-state index >= 15 is 0 Å². The van der Waals surface area contributed by atoms with E-state index in [4.69, 9.17) is 4.74 Å². The van der Waals surface area contributed by atoms with Gasteiger partial charge in [0.05, 0.1) is 11.3 Å². The minimum Gasteiger partial charge on any atom is -0.433 e. The number of amides is 1. The normalized spacial score (nSPS) is 17.4. The number of hydrogen-bond donors (Lipinski definition) is 0. The first kappa shape index (κ1) is 12.3. The minimum atomic E-state index is -0.774. The zero-order valence-electron chi connectivity index (χ0n) is 10.8. The lowest BCUT2D eigenvalue weighted by molar-refractivity contribution is -0.118. The highest BCUT2D eigenvalue weighted by atomic mass is 16.6. The first-order valence-corrected chi connectivity index (χ1v) is 6.18. The van der Waals surface area contributed by atoms with Crippen LogP contribution in [-0.2, 0) is 9.53 Å². The number of benzene rings is 1. The third-order valence-electron chi connectivity index (χ3n) is 3.15. The van der Waals surface area contributed by atoms with Crippen LogP contribution < -0.4 is 4.90 Å². The van der Waals surface area contributed by atoms with Crippen LogP contribution in [0.15, 0.2) is 48.8 Å². The molecular weight excluding hydrogens is 256 g/mol. The van der Waals surface area contributed by atoms with Gasteiger partial charge in [0.2, 0.25) is 12.1 Å². The van der Waals surface area contributed by atoms with Crippen LogP contribution in [0.25, 0.3) is 0 Å². The van der Waals surface area contributed by atoms with Gasteiger partial charge in [0.25, 0.3) is 0 Å². The molecule has 0 aliphatic carbocycles. The summed E-state index contributed by atoms with van der Waals surface area (Å²) >= 11 is 0. The predicted octanol–water partition coefficient (Wildman–Crippen LogP) is 2.30. The zero-order valence-corrected chi connectivity index (χ0v) is 10.8. The van der Waals surface area contributed by atoms with Gasteiger partial charge in [-0.2, -0.15) is 0 Å². The topological polar surface area (TPSA) is 59.5 Å². The summed E-state index contributed by atoms with van der Waals surface area (Å²) < 4.78 is 5.40. The number of nitrogens with zero attached hydrogens (tertiary/aromatic N) is 2. The molecule has 2 heterocycles. The highest BCUT2D eigenvalue weighted by Crippen LogP contribution is 2.36. The van der Waals surface area contributed by atoms with Crippen molar-refractivity contribution in [3.05, 3.63) is 59.9 Å². The Bertz CT molecular complexity index is 670. The summed E-state index contributed by atoms with van der Waals surface area (Å²) in [6.07, 6.45) is 2.44. The Morgan fingerprint density at radius 3 is 2.75 bits per heavy atom. The Morgan fingerprint density at radius 2 is 2.05 bits per heavy atom. The van der Waals surface area contributed by atoms with Crippen LogP contribution >= 0.6 is 0 Å². The third kappa shape index (κ3) is 1.93. The maximum absolute atomic E-state index is 12.1. The fraction of sp³-hybridized carbons (Fsp3) is 0.133. The second kappa shape index (κ2) is 4.77. The van der Waals surface area contributed by atoms with Crippen molar-refractivity contribution in [2.75, 3.05) is 4.90 Å². The molecule has 0 unspecified atom stereocenters. The van der Waals surface area contributed by atoms with Crippen molar-refractivity contribution in [1.82, 2.24) is 4.98 Å². The van der Waals surface area contributed by atoms with E-state index in [-0.39, 0.29) is 5.91 Å². The van der Waals surface area contributed by atoms with E-state index < -0.39 is 12.2 Å². The summed E-state index contributed by atoms with van der Waals surface area (Å²) in [7, 11) is 0. The van der Waals surface area contributed by atoms with Crippen molar-refractivity contribution >= 4 is 17.6 Å². The summed E-state index contributed by atoms with van der Waals surface area (Å²) in [6.45, 7) is 1.44. The van der Waals surface area contributed by atoms with Gasteiger partial charge in [-0.1, -0.05) is 18.2 Å². The Kier molecular flexibility index (Phi) is 2.95. The fourth-order valence-corrected chi connectivity index (χ4v) is 2.27. The Balaban J connectivity index is 2.14. The molecule has 1 aliphatic heterocycles. The van der Waals surface area contributed by atoms with Crippen molar-refractivity contribution in [3.63, 3.8) is 0 Å². The molecule has 0 saturated heterocycles. The number of cyclic esters (lactones) is 1. The van der Waals surface area contributed by atoms with Gasteiger partial charge in [-0.05, 0) is 18.2 Å². The molecule has 1 aromatic carbocycles. The van der Waals surface area contributed by atoms with E-state index in [1.165, 1.54) is 11.8 Å². The van der Waals surface area contributed by atoms with Crippen molar-refractivity contribution < 1.29 is 14.3 Å². The summed E-state index contributed by atoms with van der Waals surface area (Å²) in [6, 6.07) is 10.4. The van der Waals surface area contributed by atoms with Crippen LogP contribution in [0.5, 0.6) is 0 Å². The van der Waals surface area contributed by atoms with Gasteiger partial charge in [0, 0.05) is 24.9 Å². The first-order chi connectivity index (χ1) is 9.68. The van der Waals surface area contributed by atoms with E-state index in [0.29, 0.717) is 16.8 Å². The molecule has 1 amide bonds. The van der Waals surface area contributed by atoms with Crippen LogP contribution in [0.2, 0.25) is 0 Å². The number of para-hydroxylation sites is 1. The predicted molar refractivity (Wildman–Crippen MR) is 72.0 cm³/mol. The highest BCUT2D eigenvalue weighted by molar-refractivity contribution is 6.04. The van der Waals surface area contributed by atoms with Crippen molar-refractivity contribution in [2.45, 2.75) is 13.2 Å². The second-order valence-corrected chi connectivity index (χ2v) is 4.45. The molecule has 0 spiro atoms. The quantitative estimate of drug-likeness (QED) is 0.745. The lowest BCUT2D eigenvalue weighted by Gasteiger charge is -2.35. The molecule has 0 bridgehead atoms. The van der Waals surface area contributed by atoms with Crippen molar-refractivity contribution in [2.24, 2.45) is 0 Å². The number of pyridine rings is 1. The van der Waals surface area contributed by atoms with Crippen LogP contribution in [0, 0.1) is 0 Å². The molecule has 0 N–H and O–H groups in total. The largest absolute Gasteiger partial charge is 0.433 e. The maximum Gasteiger partial charge on any atom is 0.342 e. The number of carbonyl (C=O) groups is 2. The van der Waals surface area contributed by atoms with Crippen molar-refractivity contribution in [1.29, 1.82) is 0 Å². The number of hydrogen-bond acceptors (Lipinski definition) is 4. The standard InChI is InChI=1S/C15H12N2O3/c1-10(18)17-13-7-3-2-6-12(13)15(19)20-14(17)11-5-4-8-16-9-11/h2-9,14H,1H3/t14-/m1/s1. The van der Waals surface area contributed by atoms with Crippen LogP contribution in [0.3, 0.4) is 0 Å². The number of aromatic nitrogens is 1. The zero-order chi connectivity index (χ0) is 14.1. The molecule has 100 valence electrons. The number of rotatable bonds is 1. The Hall–Kier alpha value is -2.69. The molecule has 20 heavy (non-hydrogen) atoms. The molecule has 0 saturated carbocycles. The monoisotopic (exact) mass is 268 g/mol. The Morgan fingerprint density at radius 1 is 1.25 bits per heavy atom. The molecule has 1 atom stereocenters. The lowest BCUT2D eigenvalue weighted by atomic mass is 10.1. The molecule has 5 heteroatoms. The molecule has 0 fully saturated rings. The molecule has 5 nitrogen and oxygen atoms in total. The SMILES string of the molecule is CC(=O)N1c2ccccc2C(=O)O[C@@H]1c1cccnc1. The van der Waals surface area contributed by atoms with E-state index in [9.17, 15) is 9.59 Å². The molecule has 3 rings (SSSR count). The van der Waals surface area contributed by atoms with E-state index in [2.05, 4.69) is 4.98 Å². The number of ether oxygens (including phenoxy) is 1. The van der Waals surface area contributed by atoms with Gasteiger partial charge in [0.1, 0.15) is 0 Å². The summed E-state index contributed by atoms with van der Waals surface area (Å²) in [5.74, 6) is -0.634. The fourth-order valence-electron chi connectivity index (χ4n) is 2.27. The van der Waals surface area contributed by atoms with Crippen LogP contribution in [0.1, 0.15) is 29.1 Å². The average Bonchev–Trinajstić information content (AvgIpc) is 2.47. The number of carbonyl (C=O) groups excluding carboxylic acids is 2. The number of fused-ring (bicyclic) bond motifs is 1. The van der Waals surface area contributed by atoms with E-state index in [1.54, 1.807) is 48.8 Å².